The number of nitrogens with zero attached hydrogens (tertiary/aromatic N) is 1. The molecule has 0 bridgehead atoms. The number of aliphatic carboxylic acids is 1. The van der Waals surface area contributed by atoms with Crippen LogP contribution in [0.4, 0.5) is 0 Å². The maximum absolute atomic E-state index is 12.2. The smallest absolute Gasteiger partial charge is 0.326 e. The van der Waals surface area contributed by atoms with E-state index in [1.54, 1.807) is 16.8 Å². The lowest BCUT2D eigenvalue weighted by atomic mass is 10.2. The molecule has 6 heteroatoms. The molecule has 1 atom stereocenters. The van der Waals surface area contributed by atoms with Crippen LogP contribution in [0.25, 0.3) is 0 Å². The largest absolute Gasteiger partial charge is 0.480 e. The number of amides is 1. The number of hydrogen-bond acceptors (Lipinski definition) is 2. The van der Waals surface area contributed by atoms with Crippen LogP contribution in [0.5, 0.6) is 0 Å². The topological polar surface area (TPSA) is 71.3 Å². The number of carboxylic acid groups (broad SMARTS) is 1. The number of carboxylic acids is 1. The monoisotopic (exact) mass is 284 g/mol. The molecule has 1 fully saturated rings. The van der Waals surface area contributed by atoms with Crippen LogP contribution >= 0.6 is 11.6 Å². The van der Waals surface area contributed by atoms with Gasteiger partial charge in [-0.3, -0.25) is 4.79 Å². The second-order valence-electron chi connectivity index (χ2n) is 5.17. The van der Waals surface area contributed by atoms with Crippen molar-refractivity contribution >= 4 is 23.5 Å². The lowest BCUT2D eigenvalue weighted by Crippen LogP contribution is -2.43. The molecule has 104 valence electrons. The molecule has 1 aliphatic rings. The number of nitrogens with one attached hydrogen (secondary N) is 1. The Morgan fingerprint density at radius 2 is 2.11 bits per heavy atom. The fourth-order valence-electron chi connectivity index (χ4n) is 2.08. The fourth-order valence-corrected chi connectivity index (χ4v) is 2.29. The molecular weight excluding hydrogens is 268 g/mol. The molecule has 1 heterocycles. The molecule has 1 saturated carbocycles. The van der Waals surface area contributed by atoms with Crippen LogP contribution in [0.2, 0.25) is 5.02 Å². The van der Waals surface area contributed by atoms with Crippen LogP contribution in [0.1, 0.15) is 43.2 Å². The van der Waals surface area contributed by atoms with Crippen molar-refractivity contribution in [1.29, 1.82) is 0 Å². The summed E-state index contributed by atoms with van der Waals surface area (Å²) in [6.07, 6.45) is 3.38. The van der Waals surface area contributed by atoms with Crippen LogP contribution in [-0.2, 0) is 4.79 Å². The standard InChI is InChI=1S/C13H17ClN2O3/c1-7(2)16-6-9(14)5-10(16)12(17)15-11(13(18)19)8-3-4-8/h5-8,11H,3-4H2,1-2H3,(H,15,17)(H,18,19). The first kappa shape index (κ1) is 13.9. The van der Waals surface area contributed by atoms with Crippen molar-refractivity contribution in [2.45, 2.75) is 38.8 Å². The van der Waals surface area contributed by atoms with Gasteiger partial charge in [-0.15, -0.1) is 0 Å². The van der Waals surface area contributed by atoms with Gasteiger partial charge in [-0.05, 0) is 38.7 Å². The third kappa shape index (κ3) is 3.10. The maximum Gasteiger partial charge on any atom is 0.326 e. The predicted octanol–water partition coefficient (Wildman–Crippen LogP) is 2.32. The predicted molar refractivity (Wildman–Crippen MR) is 71.4 cm³/mol. The quantitative estimate of drug-likeness (QED) is 0.871. The van der Waals surface area contributed by atoms with E-state index in [-0.39, 0.29) is 17.9 Å². The van der Waals surface area contributed by atoms with E-state index < -0.39 is 12.0 Å². The second-order valence-corrected chi connectivity index (χ2v) is 5.61. The highest BCUT2D eigenvalue weighted by atomic mass is 35.5. The first-order valence-corrected chi connectivity index (χ1v) is 6.69. The highest BCUT2D eigenvalue weighted by molar-refractivity contribution is 6.31. The molecule has 0 aliphatic heterocycles. The Kier molecular flexibility index (Phi) is 3.85. The molecule has 0 aromatic carbocycles. The first-order chi connectivity index (χ1) is 8.90. The molecule has 1 aromatic heterocycles. The van der Waals surface area contributed by atoms with Gasteiger partial charge in [-0.1, -0.05) is 11.6 Å². The maximum atomic E-state index is 12.2. The van der Waals surface area contributed by atoms with E-state index in [1.807, 2.05) is 13.8 Å². The van der Waals surface area contributed by atoms with E-state index >= 15 is 0 Å². The van der Waals surface area contributed by atoms with Gasteiger partial charge in [0.25, 0.3) is 5.91 Å². The summed E-state index contributed by atoms with van der Waals surface area (Å²) in [4.78, 5) is 23.3. The lowest BCUT2D eigenvalue weighted by molar-refractivity contribution is -0.139. The molecule has 1 unspecified atom stereocenters. The highest BCUT2D eigenvalue weighted by Crippen LogP contribution is 2.33. The SMILES string of the molecule is CC(C)n1cc(Cl)cc1C(=O)NC(C(=O)O)C1CC1. The summed E-state index contributed by atoms with van der Waals surface area (Å²) in [5.74, 6) is -1.32. The molecule has 2 N–H and O–H groups in total. The number of aromatic nitrogens is 1. The normalized spacial score (nSPS) is 16.4. The molecule has 0 saturated heterocycles. The molecule has 1 aliphatic carbocycles. The van der Waals surface area contributed by atoms with Gasteiger partial charge >= 0.3 is 5.97 Å². The average molecular weight is 285 g/mol. The van der Waals surface area contributed by atoms with Crippen molar-refractivity contribution in [3.05, 3.63) is 23.0 Å². The Balaban J connectivity index is 2.17. The molecule has 19 heavy (non-hydrogen) atoms. The Labute approximate surface area is 116 Å². The van der Waals surface area contributed by atoms with Crippen LogP contribution < -0.4 is 5.32 Å². The van der Waals surface area contributed by atoms with Crippen LogP contribution in [0.3, 0.4) is 0 Å². The summed E-state index contributed by atoms with van der Waals surface area (Å²) in [7, 11) is 0. The van der Waals surface area contributed by atoms with Crippen molar-refractivity contribution in [1.82, 2.24) is 9.88 Å². The minimum atomic E-state index is -0.982. The van der Waals surface area contributed by atoms with Crippen molar-refractivity contribution in [3.63, 3.8) is 0 Å². The van der Waals surface area contributed by atoms with Crippen LogP contribution in [0, 0.1) is 5.92 Å². The average Bonchev–Trinajstić information content (AvgIpc) is 3.07. The fraction of sp³-hybridized carbons (Fsp3) is 0.538. The molecule has 1 amide bonds. The number of rotatable bonds is 5. The molecule has 2 rings (SSSR count). The second kappa shape index (κ2) is 5.25. The van der Waals surface area contributed by atoms with Crippen molar-refractivity contribution < 1.29 is 14.7 Å². The van der Waals surface area contributed by atoms with Crippen LogP contribution in [0.15, 0.2) is 12.3 Å². The van der Waals surface area contributed by atoms with Gasteiger partial charge in [0.2, 0.25) is 0 Å². The molecule has 0 spiro atoms. The lowest BCUT2D eigenvalue weighted by Gasteiger charge is -2.16. The van der Waals surface area contributed by atoms with Gasteiger partial charge in [-0.25, -0.2) is 4.79 Å². The van der Waals surface area contributed by atoms with Gasteiger partial charge in [0.15, 0.2) is 0 Å². The van der Waals surface area contributed by atoms with E-state index in [1.165, 1.54) is 0 Å². The summed E-state index contributed by atoms with van der Waals surface area (Å²) in [6, 6.07) is 0.835. The summed E-state index contributed by atoms with van der Waals surface area (Å²) in [5.41, 5.74) is 0.395. The summed E-state index contributed by atoms with van der Waals surface area (Å²) < 4.78 is 1.74. The van der Waals surface area contributed by atoms with Gasteiger partial charge in [0.05, 0.1) is 5.02 Å². The molecule has 0 radical (unpaired) electrons. The van der Waals surface area contributed by atoms with E-state index in [0.29, 0.717) is 10.7 Å². The first-order valence-electron chi connectivity index (χ1n) is 6.31. The molecule has 1 aromatic rings. The number of hydrogen-bond donors (Lipinski definition) is 2. The minimum absolute atomic E-state index is 0.0550. The zero-order valence-corrected chi connectivity index (χ0v) is 11.6. The van der Waals surface area contributed by atoms with Crippen molar-refractivity contribution in [3.8, 4) is 0 Å². The van der Waals surface area contributed by atoms with Gasteiger partial charge in [0, 0.05) is 12.2 Å². The number of carbonyl (C=O) groups excluding carboxylic acids is 1. The van der Waals surface area contributed by atoms with E-state index in [9.17, 15) is 9.59 Å². The van der Waals surface area contributed by atoms with E-state index in [4.69, 9.17) is 16.7 Å². The highest BCUT2D eigenvalue weighted by Gasteiger charge is 2.37. The molecule has 5 nitrogen and oxygen atoms in total. The number of carbonyl (C=O) groups is 2. The Morgan fingerprint density at radius 1 is 1.47 bits per heavy atom. The number of halogens is 1. The zero-order valence-electron chi connectivity index (χ0n) is 10.9. The van der Waals surface area contributed by atoms with E-state index in [2.05, 4.69) is 5.32 Å². The Hall–Kier alpha value is -1.49. The van der Waals surface area contributed by atoms with Gasteiger partial charge < -0.3 is 15.0 Å². The minimum Gasteiger partial charge on any atom is -0.480 e. The van der Waals surface area contributed by atoms with E-state index in [0.717, 1.165) is 12.8 Å². The zero-order chi connectivity index (χ0) is 14.2. The van der Waals surface area contributed by atoms with Crippen LogP contribution in [-0.4, -0.2) is 27.6 Å². The summed E-state index contributed by atoms with van der Waals surface area (Å²) >= 11 is 5.91. The third-order valence-corrected chi connectivity index (χ3v) is 3.46. The van der Waals surface area contributed by atoms with Crippen molar-refractivity contribution in [2.24, 2.45) is 5.92 Å². The summed E-state index contributed by atoms with van der Waals surface area (Å²) in [5, 5.41) is 12.2. The van der Waals surface area contributed by atoms with Gasteiger partial charge in [0.1, 0.15) is 11.7 Å². The van der Waals surface area contributed by atoms with Gasteiger partial charge in [-0.2, -0.15) is 0 Å². The summed E-state index contributed by atoms with van der Waals surface area (Å²) in [6.45, 7) is 3.87. The van der Waals surface area contributed by atoms with Crippen molar-refractivity contribution in [2.75, 3.05) is 0 Å². The Morgan fingerprint density at radius 3 is 2.58 bits per heavy atom. The third-order valence-electron chi connectivity index (χ3n) is 3.25. The Bertz CT molecular complexity index is 506. The molecular formula is C13H17ClN2O3.